The zero-order valence-electron chi connectivity index (χ0n) is 8.21. The van der Waals surface area contributed by atoms with Crippen LogP contribution in [-0.4, -0.2) is 11.7 Å². The van der Waals surface area contributed by atoms with Gasteiger partial charge in [-0.05, 0) is 13.0 Å². The monoisotopic (exact) mass is 207 g/mol. The van der Waals surface area contributed by atoms with Crippen LogP contribution in [0.1, 0.15) is 18.9 Å². The second kappa shape index (κ2) is 3.15. The Hall–Kier alpha value is -1.71. The summed E-state index contributed by atoms with van der Waals surface area (Å²) in [5.41, 5.74) is -0.983. The van der Waals surface area contributed by atoms with E-state index in [0.29, 0.717) is 0 Å². The Balaban J connectivity index is 2.51. The van der Waals surface area contributed by atoms with Crippen LogP contribution in [0.15, 0.2) is 24.3 Å². The number of ketones is 1. The Bertz CT molecular complexity index is 444. The molecule has 2 rings (SSSR count). The number of carbonyl (C=O) groups excluding carboxylic acids is 2. The van der Waals surface area contributed by atoms with Crippen LogP contribution >= 0.6 is 0 Å². The van der Waals surface area contributed by atoms with Gasteiger partial charge in [-0.3, -0.25) is 9.59 Å². The molecule has 1 aromatic carbocycles. The Labute approximate surface area is 86.3 Å². The molecular weight excluding hydrogens is 197 g/mol. The van der Waals surface area contributed by atoms with E-state index in [1.54, 1.807) is 12.1 Å². The van der Waals surface area contributed by atoms with E-state index in [1.807, 2.05) is 0 Å². The van der Waals surface area contributed by atoms with Crippen molar-refractivity contribution in [2.24, 2.45) is 0 Å². The number of hydrogen-bond acceptors (Lipinski definition) is 2. The Morgan fingerprint density at radius 1 is 1.33 bits per heavy atom. The zero-order chi connectivity index (χ0) is 11.1. The standard InChI is InChI=1S/C11H10FNO2/c1-11(9(14)6-10(15)13-11)7-4-2-3-5-8(7)12/h2-5H,6H2,1H3,(H,13,15). The van der Waals surface area contributed by atoms with E-state index >= 15 is 0 Å². The molecule has 0 spiro atoms. The zero-order valence-corrected chi connectivity index (χ0v) is 8.21. The van der Waals surface area contributed by atoms with E-state index in [1.165, 1.54) is 19.1 Å². The van der Waals surface area contributed by atoms with Crippen LogP contribution in [0.25, 0.3) is 0 Å². The smallest absolute Gasteiger partial charge is 0.228 e. The fourth-order valence-corrected chi connectivity index (χ4v) is 1.80. The fourth-order valence-electron chi connectivity index (χ4n) is 1.80. The number of rotatable bonds is 1. The van der Waals surface area contributed by atoms with Gasteiger partial charge in [0.25, 0.3) is 0 Å². The second-order valence-corrected chi connectivity index (χ2v) is 3.75. The van der Waals surface area contributed by atoms with Crippen molar-refractivity contribution in [1.29, 1.82) is 0 Å². The first-order valence-corrected chi connectivity index (χ1v) is 4.63. The maximum atomic E-state index is 13.5. The highest BCUT2D eigenvalue weighted by atomic mass is 19.1. The lowest BCUT2D eigenvalue weighted by atomic mass is 9.89. The first kappa shape index (κ1) is 9.83. The van der Waals surface area contributed by atoms with E-state index in [-0.39, 0.29) is 23.7 Å². The van der Waals surface area contributed by atoms with Crippen LogP contribution in [0.4, 0.5) is 4.39 Å². The first-order valence-electron chi connectivity index (χ1n) is 4.63. The average molecular weight is 207 g/mol. The number of benzene rings is 1. The molecule has 0 saturated carbocycles. The summed E-state index contributed by atoms with van der Waals surface area (Å²) in [6, 6.07) is 5.97. The van der Waals surface area contributed by atoms with Crippen LogP contribution < -0.4 is 5.32 Å². The van der Waals surface area contributed by atoms with Gasteiger partial charge in [0.1, 0.15) is 11.4 Å². The van der Waals surface area contributed by atoms with Crippen molar-refractivity contribution in [1.82, 2.24) is 5.32 Å². The third-order valence-corrected chi connectivity index (χ3v) is 2.68. The molecule has 1 aromatic rings. The average Bonchev–Trinajstić information content (AvgIpc) is 2.42. The van der Waals surface area contributed by atoms with Crippen molar-refractivity contribution in [2.75, 3.05) is 0 Å². The molecule has 78 valence electrons. The molecule has 4 heteroatoms. The van der Waals surface area contributed by atoms with Gasteiger partial charge in [0.15, 0.2) is 5.78 Å². The van der Waals surface area contributed by atoms with Gasteiger partial charge in [0.05, 0.1) is 6.42 Å². The SMILES string of the molecule is CC1(c2ccccc2F)NC(=O)CC1=O. The fraction of sp³-hybridized carbons (Fsp3) is 0.273. The number of Topliss-reactive ketones (excluding diaryl/α,β-unsaturated/α-hetero) is 1. The molecule has 1 amide bonds. The van der Waals surface area contributed by atoms with Gasteiger partial charge in [-0.2, -0.15) is 0 Å². The van der Waals surface area contributed by atoms with Crippen LogP contribution in [0.5, 0.6) is 0 Å². The molecule has 1 heterocycles. The molecule has 1 aliphatic heterocycles. The molecule has 3 nitrogen and oxygen atoms in total. The van der Waals surface area contributed by atoms with E-state index in [2.05, 4.69) is 5.32 Å². The van der Waals surface area contributed by atoms with Crippen LogP contribution in [0.3, 0.4) is 0 Å². The highest BCUT2D eigenvalue weighted by Gasteiger charge is 2.44. The van der Waals surface area contributed by atoms with Gasteiger partial charge in [0.2, 0.25) is 5.91 Å². The lowest BCUT2D eigenvalue weighted by Crippen LogP contribution is -2.41. The lowest BCUT2D eigenvalue weighted by molar-refractivity contribution is -0.123. The number of halogens is 1. The molecule has 1 saturated heterocycles. The normalized spacial score (nSPS) is 25.5. The summed E-state index contributed by atoms with van der Waals surface area (Å²) in [7, 11) is 0. The minimum absolute atomic E-state index is 0.176. The number of hydrogen-bond donors (Lipinski definition) is 1. The molecule has 0 aliphatic carbocycles. The van der Waals surface area contributed by atoms with Crippen molar-refractivity contribution < 1.29 is 14.0 Å². The summed E-state index contributed by atoms with van der Waals surface area (Å²) in [5.74, 6) is -1.13. The summed E-state index contributed by atoms with van der Waals surface area (Å²) < 4.78 is 13.5. The summed E-state index contributed by atoms with van der Waals surface area (Å²) in [4.78, 5) is 22.7. The molecule has 1 fully saturated rings. The van der Waals surface area contributed by atoms with Crippen molar-refractivity contribution in [3.63, 3.8) is 0 Å². The van der Waals surface area contributed by atoms with Crippen LogP contribution in [0, 0.1) is 5.82 Å². The van der Waals surface area contributed by atoms with Gasteiger partial charge < -0.3 is 5.32 Å². The van der Waals surface area contributed by atoms with Crippen molar-refractivity contribution in [3.8, 4) is 0 Å². The lowest BCUT2D eigenvalue weighted by Gasteiger charge is -2.23. The Kier molecular flexibility index (Phi) is 2.07. The van der Waals surface area contributed by atoms with Crippen molar-refractivity contribution in [3.05, 3.63) is 35.6 Å². The maximum absolute atomic E-state index is 13.5. The van der Waals surface area contributed by atoms with Gasteiger partial charge in [-0.25, -0.2) is 4.39 Å². The molecule has 1 unspecified atom stereocenters. The largest absolute Gasteiger partial charge is 0.339 e. The Morgan fingerprint density at radius 2 is 2.00 bits per heavy atom. The predicted molar refractivity (Wildman–Crippen MR) is 51.5 cm³/mol. The summed E-state index contributed by atoms with van der Waals surface area (Å²) in [6.45, 7) is 1.53. The predicted octanol–water partition coefficient (Wildman–Crippen LogP) is 1.13. The van der Waals surface area contributed by atoms with Crippen LogP contribution in [-0.2, 0) is 15.1 Å². The maximum Gasteiger partial charge on any atom is 0.228 e. The summed E-state index contributed by atoms with van der Waals surface area (Å²) in [6.07, 6.45) is -0.176. The minimum Gasteiger partial charge on any atom is -0.339 e. The minimum atomic E-state index is -1.21. The van der Waals surface area contributed by atoms with Gasteiger partial charge >= 0.3 is 0 Å². The summed E-state index contributed by atoms with van der Waals surface area (Å²) in [5, 5.41) is 2.51. The highest BCUT2D eigenvalue weighted by Crippen LogP contribution is 2.29. The van der Waals surface area contributed by atoms with E-state index in [4.69, 9.17) is 0 Å². The van der Waals surface area contributed by atoms with Crippen molar-refractivity contribution >= 4 is 11.7 Å². The molecule has 1 N–H and O–H groups in total. The highest BCUT2D eigenvalue weighted by molar-refractivity contribution is 6.10. The first-order chi connectivity index (χ1) is 7.04. The van der Waals surface area contributed by atoms with E-state index < -0.39 is 11.4 Å². The number of nitrogens with one attached hydrogen (secondary N) is 1. The molecule has 0 radical (unpaired) electrons. The summed E-state index contributed by atoms with van der Waals surface area (Å²) >= 11 is 0. The molecule has 15 heavy (non-hydrogen) atoms. The Morgan fingerprint density at radius 3 is 2.53 bits per heavy atom. The number of carbonyl (C=O) groups is 2. The van der Waals surface area contributed by atoms with Crippen molar-refractivity contribution in [2.45, 2.75) is 18.9 Å². The topological polar surface area (TPSA) is 46.2 Å². The molecule has 1 atom stereocenters. The quantitative estimate of drug-likeness (QED) is 0.701. The molecule has 0 aromatic heterocycles. The number of amides is 1. The molecule has 1 aliphatic rings. The van der Waals surface area contributed by atoms with E-state index in [0.717, 1.165) is 0 Å². The van der Waals surface area contributed by atoms with Crippen LogP contribution in [0.2, 0.25) is 0 Å². The third kappa shape index (κ3) is 1.42. The third-order valence-electron chi connectivity index (χ3n) is 2.68. The van der Waals surface area contributed by atoms with E-state index in [9.17, 15) is 14.0 Å². The second-order valence-electron chi connectivity index (χ2n) is 3.75. The van der Waals surface area contributed by atoms with Gasteiger partial charge in [-0.15, -0.1) is 0 Å². The molecule has 0 bridgehead atoms. The van der Waals surface area contributed by atoms with Gasteiger partial charge in [-0.1, -0.05) is 18.2 Å². The van der Waals surface area contributed by atoms with Gasteiger partial charge in [0, 0.05) is 5.56 Å². The molecular formula is C11H10FNO2.